The molecule has 0 aromatic heterocycles. The summed E-state index contributed by atoms with van der Waals surface area (Å²) in [6.07, 6.45) is 3.92. The summed E-state index contributed by atoms with van der Waals surface area (Å²) >= 11 is 0. The van der Waals surface area contributed by atoms with Crippen molar-refractivity contribution in [3.63, 3.8) is 0 Å². The molecule has 3 aromatic carbocycles. The maximum Gasteiger partial charge on any atom is 0.253 e. The number of carbonyl (C=O) groups excluding carboxylic acids is 3. The van der Waals surface area contributed by atoms with Crippen LogP contribution in [0.15, 0.2) is 84.9 Å². The number of carbonyl (C=O) groups is 3. The molecule has 3 aliphatic heterocycles. The minimum absolute atomic E-state index is 0.214. The summed E-state index contributed by atoms with van der Waals surface area (Å²) in [6, 6.07) is 24.0. The fourth-order valence-electron chi connectivity index (χ4n) is 6.20. The normalized spacial score (nSPS) is 26.4. The van der Waals surface area contributed by atoms with Crippen LogP contribution in [-0.4, -0.2) is 37.4 Å². The van der Waals surface area contributed by atoms with Crippen molar-refractivity contribution in [1.29, 1.82) is 0 Å². The number of nitrogens with one attached hydrogen (secondary N) is 1. The molecule has 4 atom stereocenters. The number of methoxy groups -OCH3 is 1. The smallest absolute Gasteiger partial charge is 0.253 e. The predicted octanol–water partition coefficient (Wildman–Crippen LogP) is 3.75. The maximum atomic E-state index is 14.3. The average Bonchev–Trinajstić information content (AvgIpc) is 3.47. The molecule has 7 nitrogen and oxygen atoms in total. The largest absolute Gasteiger partial charge is 0.495 e. The minimum Gasteiger partial charge on any atom is -0.495 e. The number of rotatable bonds is 5. The number of ether oxygens (including phenoxy) is 1. The molecule has 0 bridgehead atoms. The Labute approximate surface area is 215 Å². The highest BCUT2D eigenvalue weighted by molar-refractivity contribution is 6.26. The Bertz CT molecular complexity index is 1440. The van der Waals surface area contributed by atoms with Gasteiger partial charge in [-0.25, -0.2) is 4.90 Å². The average molecular weight is 494 g/mol. The van der Waals surface area contributed by atoms with Gasteiger partial charge in [-0.05, 0) is 30.7 Å². The number of benzene rings is 3. The van der Waals surface area contributed by atoms with Crippen LogP contribution in [0.2, 0.25) is 0 Å². The van der Waals surface area contributed by atoms with Crippen molar-refractivity contribution in [2.75, 3.05) is 23.5 Å². The van der Waals surface area contributed by atoms with E-state index in [1.807, 2.05) is 73.7 Å². The van der Waals surface area contributed by atoms with E-state index in [1.165, 1.54) is 12.0 Å². The second kappa shape index (κ2) is 8.71. The van der Waals surface area contributed by atoms with Crippen LogP contribution in [0.3, 0.4) is 0 Å². The predicted molar refractivity (Wildman–Crippen MR) is 141 cm³/mol. The van der Waals surface area contributed by atoms with E-state index in [0.717, 1.165) is 16.8 Å². The van der Waals surface area contributed by atoms with Crippen LogP contribution in [0.25, 0.3) is 6.08 Å². The summed E-state index contributed by atoms with van der Waals surface area (Å²) < 4.78 is 5.45. The first-order chi connectivity index (χ1) is 18.0. The van der Waals surface area contributed by atoms with Crippen molar-refractivity contribution in [3.05, 3.63) is 96.1 Å². The highest BCUT2D eigenvalue weighted by Gasteiger charge is 2.71. The van der Waals surface area contributed by atoms with Gasteiger partial charge in [-0.2, -0.15) is 0 Å². The van der Waals surface area contributed by atoms with Gasteiger partial charge in [-0.1, -0.05) is 72.8 Å². The molecule has 7 heteroatoms. The molecule has 186 valence electrons. The molecule has 1 N–H and O–H groups in total. The zero-order valence-corrected chi connectivity index (χ0v) is 20.6. The molecule has 2 saturated heterocycles. The topological polar surface area (TPSA) is 79.0 Å². The fraction of sp³-hybridized carbons (Fsp3) is 0.233. The van der Waals surface area contributed by atoms with Crippen molar-refractivity contribution in [2.24, 2.45) is 11.8 Å². The van der Waals surface area contributed by atoms with E-state index in [0.29, 0.717) is 18.0 Å². The Morgan fingerprint density at radius 1 is 0.892 bits per heavy atom. The van der Waals surface area contributed by atoms with Gasteiger partial charge in [0.05, 0.1) is 24.6 Å². The number of hydrogen-bond acceptors (Lipinski definition) is 5. The lowest BCUT2D eigenvalue weighted by Gasteiger charge is -2.30. The van der Waals surface area contributed by atoms with Crippen LogP contribution in [-0.2, 0) is 19.9 Å². The van der Waals surface area contributed by atoms with Gasteiger partial charge in [-0.3, -0.25) is 19.7 Å². The van der Waals surface area contributed by atoms with Crippen molar-refractivity contribution >= 4 is 35.2 Å². The van der Waals surface area contributed by atoms with E-state index >= 15 is 0 Å². The SMILES string of the molecule is COc1ccccc1N1C(=O)[C@@H]2[C@H](C)N[C@@]3(C(=O)N(C/C=C\c4ccccc4)c4ccccc43)[C@H]2C1=O. The van der Waals surface area contributed by atoms with Crippen LogP contribution in [0.4, 0.5) is 11.4 Å². The maximum absolute atomic E-state index is 14.3. The van der Waals surface area contributed by atoms with Gasteiger partial charge in [0.15, 0.2) is 0 Å². The lowest BCUT2D eigenvalue weighted by Crippen LogP contribution is -2.55. The Kier molecular flexibility index (Phi) is 5.46. The molecule has 3 aromatic rings. The van der Waals surface area contributed by atoms with Crippen molar-refractivity contribution in [1.82, 2.24) is 5.32 Å². The van der Waals surface area contributed by atoms with Crippen molar-refractivity contribution in [2.45, 2.75) is 18.5 Å². The molecule has 3 amide bonds. The van der Waals surface area contributed by atoms with Crippen LogP contribution < -0.4 is 19.9 Å². The van der Waals surface area contributed by atoms with Crippen molar-refractivity contribution < 1.29 is 19.1 Å². The molecule has 3 heterocycles. The van der Waals surface area contributed by atoms with E-state index in [1.54, 1.807) is 29.2 Å². The second-order valence-electron chi connectivity index (χ2n) is 9.67. The summed E-state index contributed by atoms with van der Waals surface area (Å²) in [4.78, 5) is 45.0. The molecule has 37 heavy (non-hydrogen) atoms. The summed E-state index contributed by atoms with van der Waals surface area (Å²) in [7, 11) is 1.51. The second-order valence-corrected chi connectivity index (χ2v) is 9.67. The van der Waals surface area contributed by atoms with Gasteiger partial charge in [0.25, 0.3) is 5.91 Å². The number of anilines is 2. The van der Waals surface area contributed by atoms with E-state index in [-0.39, 0.29) is 23.8 Å². The summed E-state index contributed by atoms with van der Waals surface area (Å²) in [5, 5.41) is 3.42. The van der Waals surface area contributed by atoms with E-state index in [2.05, 4.69) is 5.32 Å². The number of fused-ring (bicyclic) bond motifs is 4. The molecule has 0 unspecified atom stereocenters. The first kappa shape index (κ1) is 23.2. The van der Waals surface area contributed by atoms with Gasteiger partial charge in [-0.15, -0.1) is 0 Å². The third-order valence-electron chi connectivity index (χ3n) is 7.74. The van der Waals surface area contributed by atoms with Crippen LogP contribution >= 0.6 is 0 Å². The number of nitrogens with zero attached hydrogens (tertiary/aromatic N) is 2. The number of imide groups is 1. The lowest BCUT2D eigenvalue weighted by molar-refractivity contribution is -0.132. The highest BCUT2D eigenvalue weighted by Crippen LogP contribution is 2.55. The fourth-order valence-corrected chi connectivity index (χ4v) is 6.20. The van der Waals surface area contributed by atoms with Crippen LogP contribution in [0.5, 0.6) is 5.75 Å². The molecule has 1 spiro atoms. The quantitative estimate of drug-likeness (QED) is 0.548. The van der Waals surface area contributed by atoms with Crippen molar-refractivity contribution in [3.8, 4) is 5.75 Å². The number of amides is 3. The lowest BCUT2D eigenvalue weighted by atomic mass is 9.76. The summed E-state index contributed by atoms with van der Waals surface area (Å²) in [5.74, 6) is -2.02. The van der Waals surface area contributed by atoms with Crippen LogP contribution in [0.1, 0.15) is 18.1 Å². The summed E-state index contributed by atoms with van der Waals surface area (Å²) in [5.41, 5.74) is 1.61. The molecule has 0 saturated carbocycles. The van der Waals surface area contributed by atoms with Gasteiger partial charge >= 0.3 is 0 Å². The molecule has 2 fully saturated rings. The number of hydrogen-bond donors (Lipinski definition) is 1. The first-order valence-electron chi connectivity index (χ1n) is 12.4. The zero-order valence-electron chi connectivity index (χ0n) is 20.6. The molecule has 0 aliphatic carbocycles. The van der Waals surface area contributed by atoms with Gasteiger partial charge in [0.1, 0.15) is 11.3 Å². The molecular weight excluding hydrogens is 466 g/mol. The monoisotopic (exact) mass is 493 g/mol. The highest BCUT2D eigenvalue weighted by atomic mass is 16.5. The van der Waals surface area contributed by atoms with Gasteiger partial charge < -0.3 is 9.64 Å². The number of para-hydroxylation sites is 3. The molecule has 3 aliphatic rings. The molecule has 6 rings (SSSR count). The van der Waals surface area contributed by atoms with Gasteiger partial charge in [0.2, 0.25) is 11.8 Å². The zero-order chi connectivity index (χ0) is 25.7. The Balaban J connectivity index is 1.41. The van der Waals surface area contributed by atoms with Gasteiger partial charge in [0, 0.05) is 23.8 Å². The minimum atomic E-state index is -1.31. The van der Waals surface area contributed by atoms with Crippen LogP contribution in [0, 0.1) is 11.8 Å². The first-order valence-corrected chi connectivity index (χ1v) is 12.4. The van der Waals surface area contributed by atoms with E-state index < -0.39 is 17.4 Å². The Hall–Kier alpha value is -4.23. The van der Waals surface area contributed by atoms with E-state index in [4.69, 9.17) is 4.74 Å². The van der Waals surface area contributed by atoms with E-state index in [9.17, 15) is 14.4 Å². The Morgan fingerprint density at radius 3 is 2.32 bits per heavy atom. The standard InChI is InChI=1S/C30H27N3O4/c1-19-25-26(28(35)33(27(25)34)23-16-8-9-17-24(23)37-2)30(31-19)21-14-6-7-15-22(21)32(29(30)36)18-10-13-20-11-4-3-5-12-20/h3-17,19,25-26,31H,18H2,1-2H3/b13-10-/t19-,25+,26+,30+/m0/s1. The third-order valence-corrected chi connectivity index (χ3v) is 7.74. The molecular formula is C30H27N3O4. The molecule has 0 radical (unpaired) electrons. The Morgan fingerprint density at radius 2 is 1.57 bits per heavy atom. The third kappa shape index (κ3) is 3.27. The summed E-state index contributed by atoms with van der Waals surface area (Å²) in [6.45, 7) is 2.22.